The fourth-order valence-electron chi connectivity index (χ4n) is 4.04. The van der Waals surface area contributed by atoms with E-state index in [9.17, 15) is 5.11 Å². The van der Waals surface area contributed by atoms with E-state index in [-0.39, 0.29) is 6.10 Å². The van der Waals surface area contributed by atoms with Crippen molar-refractivity contribution in [3.05, 3.63) is 42.5 Å². The van der Waals surface area contributed by atoms with E-state index in [1.807, 2.05) is 17.8 Å². The third-order valence-electron chi connectivity index (χ3n) is 5.45. The Kier molecular flexibility index (Phi) is 5.62. The second-order valence-electron chi connectivity index (χ2n) is 7.65. The van der Waals surface area contributed by atoms with Crippen LogP contribution in [0.5, 0.6) is 5.75 Å². The maximum Gasteiger partial charge on any atom is 0.121 e. The van der Waals surface area contributed by atoms with Crippen molar-refractivity contribution in [2.45, 2.75) is 35.7 Å². The zero-order valence-corrected chi connectivity index (χ0v) is 16.9. The fourth-order valence-corrected chi connectivity index (χ4v) is 5.12. The number of likely N-dealkylation sites (tertiary alicyclic amines) is 1. The summed E-state index contributed by atoms with van der Waals surface area (Å²) in [5.74, 6) is 1.42. The molecule has 2 aliphatic rings. The summed E-state index contributed by atoms with van der Waals surface area (Å²) >= 11 is 1.83. The Morgan fingerprint density at radius 1 is 1.07 bits per heavy atom. The first-order valence-electron chi connectivity index (χ1n) is 9.77. The zero-order chi connectivity index (χ0) is 18.8. The van der Waals surface area contributed by atoms with Crippen LogP contribution in [0.1, 0.15) is 19.8 Å². The number of anilines is 2. The smallest absolute Gasteiger partial charge is 0.121 e. The maximum absolute atomic E-state index is 9.74. The SMILES string of the molecule is COc1ccc2c(c1)N(C[C@@H](C)CN1CCC(O)CC1)c1ccccc1S2. The predicted octanol–water partition coefficient (Wildman–Crippen LogP) is 4.39. The van der Waals surface area contributed by atoms with Crippen LogP contribution in [-0.2, 0) is 0 Å². The van der Waals surface area contributed by atoms with E-state index in [1.165, 1.54) is 21.2 Å². The quantitative estimate of drug-likeness (QED) is 0.827. The number of aliphatic hydroxyl groups excluding tert-OH is 1. The van der Waals surface area contributed by atoms with Gasteiger partial charge in [0.2, 0.25) is 0 Å². The molecule has 0 unspecified atom stereocenters. The number of ether oxygens (including phenoxy) is 1. The van der Waals surface area contributed by atoms with Crippen LogP contribution in [0.3, 0.4) is 0 Å². The molecule has 0 aliphatic carbocycles. The van der Waals surface area contributed by atoms with E-state index in [1.54, 1.807) is 7.11 Å². The molecule has 0 spiro atoms. The standard InChI is InChI=1S/C22H28N2O2S/c1-16(14-23-11-9-17(25)10-12-23)15-24-19-5-3-4-6-21(19)27-22-8-7-18(26-2)13-20(22)24/h3-8,13,16-17,25H,9-12,14-15H2,1-2H3/t16-/m0/s1. The number of rotatable bonds is 5. The molecule has 4 nitrogen and oxygen atoms in total. The van der Waals surface area contributed by atoms with Gasteiger partial charge in [0.15, 0.2) is 0 Å². The van der Waals surface area contributed by atoms with Gasteiger partial charge in [0, 0.05) is 42.0 Å². The van der Waals surface area contributed by atoms with Crippen molar-refractivity contribution < 1.29 is 9.84 Å². The number of piperidine rings is 1. The van der Waals surface area contributed by atoms with Gasteiger partial charge >= 0.3 is 0 Å². The lowest BCUT2D eigenvalue weighted by Gasteiger charge is -2.37. The first-order chi connectivity index (χ1) is 13.1. The Morgan fingerprint density at radius 2 is 1.81 bits per heavy atom. The van der Waals surface area contributed by atoms with Crippen molar-refractivity contribution >= 4 is 23.1 Å². The molecule has 0 amide bonds. The summed E-state index contributed by atoms with van der Waals surface area (Å²) in [5, 5.41) is 9.74. The van der Waals surface area contributed by atoms with Gasteiger partial charge in [-0.2, -0.15) is 0 Å². The second-order valence-corrected chi connectivity index (χ2v) is 8.73. The fraction of sp³-hybridized carbons (Fsp3) is 0.455. The number of nitrogens with zero attached hydrogens (tertiary/aromatic N) is 2. The molecular formula is C22H28N2O2S. The molecule has 2 aromatic rings. The highest BCUT2D eigenvalue weighted by Gasteiger charge is 2.26. The van der Waals surface area contributed by atoms with Gasteiger partial charge < -0.3 is 19.6 Å². The third-order valence-corrected chi connectivity index (χ3v) is 6.58. The van der Waals surface area contributed by atoms with Crippen molar-refractivity contribution in [1.29, 1.82) is 0 Å². The molecule has 1 N–H and O–H groups in total. The van der Waals surface area contributed by atoms with E-state index in [2.05, 4.69) is 53.1 Å². The molecule has 4 rings (SSSR count). The van der Waals surface area contributed by atoms with Crippen LogP contribution in [0, 0.1) is 5.92 Å². The molecule has 0 radical (unpaired) electrons. The molecule has 0 saturated carbocycles. The molecule has 0 aromatic heterocycles. The number of methoxy groups -OCH3 is 1. The lowest BCUT2D eigenvalue weighted by Crippen LogP contribution is -2.40. The minimum atomic E-state index is -0.109. The molecule has 2 aliphatic heterocycles. The van der Waals surface area contributed by atoms with Gasteiger partial charge in [0.05, 0.1) is 24.6 Å². The second kappa shape index (κ2) is 8.13. The highest BCUT2D eigenvalue weighted by atomic mass is 32.2. The normalized spacial score (nSPS) is 18.7. The molecular weight excluding hydrogens is 356 g/mol. The van der Waals surface area contributed by atoms with Gasteiger partial charge in [0.25, 0.3) is 0 Å². The Hall–Kier alpha value is -1.69. The zero-order valence-electron chi connectivity index (χ0n) is 16.1. The predicted molar refractivity (Wildman–Crippen MR) is 111 cm³/mol. The van der Waals surface area contributed by atoms with E-state index in [0.29, 0.717) is 5.92 Å². The Balaban J connectivity index is 1.56. The maximum atomic E-state index is 9.74. The number of benzene rings is 2. The minimum absolute atomic E-state index is 0.109. The van der Waals surface area contributed by atoms with Gasteiger partial charge in [-0.1, -0.05) is 30.8 Å². The number of hydrogen-bond donors (Lipinski definition) is 1. The Morgan fingerprint density at radius 3 is 2.59 bits per heavy atom. The summed E-state index contributed by atoms with van der Waals surface area (Å²) in [5.41, 5.74) is 2.52. The van der Waals surface area contributed by atoms with Crippen LogP contribution in [0.25, 0.3) is 0 Å². The average Bonchev–Trinajstić information content (AvgIpc) is 2.69. The van der Waals surface area contributed by atoms with Crippen molar-refractivity contribution in [1.82, 2.24) is 4.90 Å². The Bertz CT molecular complexity index is 790. The topological polar surface area (TPSA) is 35.9 Å². The average molecular weight is 385 g/mol. The molecule has 0 bridgehead atoms. The van der Waals surface area contributed by atoms with Crippen molar-refractivity contribution in [2.75, 3.05) is 38.2 Å². The molecule has 1 atom stereocenters. The number of para-hydroxylation sites is 1. The van der Waals surface area contributed by atoms with E-state index < -0.39 is 0 Å². The summed E-state index contributed by atoms with van der Waals surface area (Å²) in [6.07, 6.45) is 1.69. The summed E-state index contributed by atoms with van der Waals surface area (Å²) < 4.78 is 5.49. The highest BCUT2D eigenvalue weighted by Crippen LogP contribution is 2.49. The van der Waals surface area contributed by atoms with Crippen LogP contribution in [0.15, 0.2) is 52.3 Å². The van der Waals surface area contributed by atoms with E-state index in [4.69, 9.17) is 4.74 Å². The van der Waals surface area contributed by atoms with Gasteiger partial charge in [-0.15, -0.1) is 0 Å². The van der Waals surface area contributed by atoms with Crippen LogP contribution >= 0.6 is 11.8 Å². The number of fused-ring (bicyclic) bond motifs is 2. The number of aliphatic hydroxyl groups is 1. The monoisotopic (exact) mass is 384 g/mol. The molecule has 144 valence electrons. The first kappa shape index (κ1) is 18.7. The van der Waals surface area contributed by atoms with Crippen molar-refractivity contribution in [3.63, 3.8) is 0 Å². The van der Waals surface area contributed by atoms with Gasteiger partial charge in [-0.25, -0.2) is 0 Å². The summed E-state index contributed by atoms with van der Waals surface area (Å²) in [6.45, 7) is 6.37. The van der Waals surface area contributed by atoms with Crippen LogP contribution in [-0.4, -0.2) is 49.4 Å². The van der Waals surface area contributed by atoms with E-state index >= 15 is 0 Å². The first-order valence-corrected chi connectivity index (χ1v) is 10.6. The minimum Gasteiger partial charge on any atom is -0.497 e. The van der Waals surface area contributed by atoms with Crippen LogP contribution in [0.4, 0.5) is 11.4 Å². The van der Waals surface area contributed by atoms with Crippen LogP contribution in [0.2, 0.25) is 0 Å². The number of hydrogen-bond acceptors (Lipinski definition) is 5. The van der Waals surface area contributed by atoms with Gasteiger partial charge in [-0.3, -0.25) is 0 Å². The van der Waals surface area contributed by atoms with Crippen molar-refractivity contribution in [2.24, 2.45) is 5.92 Å². The lowest BCUT2D eigenvalue weighted by molar-refractivity contribution is 0.0765. The molecule has 5 heteroatoms. The lowest BCUT2D eigenvalue weighted by atomic mass is 10.0. The summed E-state index contributed by atoms with van der Waals surface area (Å²) in [4.78, 5) is 7.54. The highest BCUT2D eigenvalue weighted by molar-refractivity contribution is 7.99. The third kappa shape index (κ3) is 4.10. The Labute approximate surface area is 166 Å². The molecule has 2 aromatic carbocycles. The van der Waals surface area contributed by atoms with Crippen molar-refractivity contribution in [3.8, 4) is 5.75 Å². The van der Waals surface area contributed by atoms with Gasteiger partial charge in [0.1, 0.15) is 5.75 Å². The molecule has 1 saturated heterocycles. The summed E-state index contributed by atoms with van der Waals surface area (Å²) in [7, 11) is 1.73. The molecule has 1 fully saturated rings. The largest absolute Gasteiger partial charge is 0.497 e. The van der Waals surface area contributed by atoms with Gasteiger partial charge in [-0.05, 0) is 43.0 Å². The molecule has 2 heterocycles. The molecule has 27 heavy (non-hydrogen) atoms. The van der Waals surface area contributed by atoms with Crippen LogP contribution < -0.4 is 9.64 Å². The van der Waals surface area contributed by atoms with E-state index in [0.717, 1.165) is 44.8 Å². The summed E-state index contributed by atoms with van der Waals surface area (Å²) in [6, 6.07) is 15.0.